The van der Waals surface area contributed by atoms with Crippen LogP contribution in [0.4, 0.5) is 9.18 Å². The van der Waals surface area contributed by atoms with E-state index in [0.717, 1.165) is 0 Å². The number of amides is 1. The van der Waals surface area contributed by atoms with Gasteiger partial charge in [0.25, 0.3) is 0 Å². The first-order valence-corrected chi connectivity index (χ1v) is 7.31. The summed E-state index contributed by atoms with van der Waals surface area (Å²) in [5.74, 6) is 1.87. The summed E-state index contributed by atoms with van der Waals surface area (Å²) in [4.78, 5) is 24.8. The molecule has 0 aromatic heterocycles. The zero-order chi connectivity index (χ0) is 17.2. The molecular formula is C17H20FNO4. The van der Waals surface area contributed by atoms with Gasteiger partial charge in [0.15, 0.2) is 0 Å². The third kappa shape index (κ3) is 3.90. The number of ether oxygens (including phenoxy) is 2. The summed E-state index contributed by atoms with van der Waals surface area (Å²) < 4.78 is 24.3. The van der Waals surface area contributed by atoms with E-state index in [0.29, 0.717) is 16.9 Å². The van der Waals surface area contributed by atoms with Crippen molar-refractivity contribution in [2.45, 2.75) is 38.8 Å². The molecule has 0 radical (unpaired) electrons. The lowest BCUT2D eigenvalue weighted by Crippen LogP contribution is -2.36. The highest BCUT2D eigenvalue weighted by Gasteiger charge is 2.37. The highest BCUT2D eigenvalue weighted by Crippen LogP contribution is 2.39. The van der Waals surface area contributed by atoms with E-state index in [4.69, 9.17) is 9.47 Å². The number of likely N-dealkylation sites (tertiary alicyclic amines) is 1. The van der Waals surface area contributed by atoms with Crippen LogP contribution in [0.3, 0.4) is 0 Å². The van der Waals surface area contributed by atoms with E-state index in [1.165, 1.54) is 30.2 Å². The van der Waals surface area contributed by atoms with Gasteiger partial charge in [0.1, 0.15) is 23.1 Å². The maximum atomic E-state index is 13.6. The molecule has 0 spiro atoms. The molecule has 1 saturated heterocycles. The lowest BCUT2D eigenvalue weighted by Gasteiger charge is -2.29. The fourth-order valence-electron chi connectivity index (χ4n) is 2.55. The van der Waals surface area contributed by atoms with Crippen molar-refractivity contribution in [2.75, 3.05) is 13.7 Å². The first-order valence-electron chi connectivity index (χ1n) is 7.31. The second-order valence-corrected chi connectivity index (χ2v) is 6.42. The van der Waals surface area contributed by atoms with Crippen molar-refractivity contribution in [3.63, 3.8) is 0 Å². The van der Waals surface area contributed by atoms with Crippen LogP contribution in [-0.2, 0) is 9.53 Å². The summed E-state index contributed by atoms with van der Waals surface area (Å²) >= 11 is 0. The number of carbonyl (C=O) groups excluding carboxylic acids is 2. The topological polar surface area (TPSA) is 55.8 Å². The van der Waals surface area contributed by atoms with Crippen LogP contribution in [0, 0.1) is 5.82 Å². The first-order chi connectivity index (χ1) is 10.7. The minimum absolute atomic E-state index is 0.114. The van der Waals surface area contributed by atoms with Gasteiger partial charge in [-0.2, -0.15) is 0 Å². The number of carbonyl (C=O) groups is 1. The van der Waals surface area contributed by atoms with Gasteiger partial charge >= 0.3 is 6.09 Å². The predicted molar refractivity (Wildman–Crippen MR) is 82.5 cm³/mol. The standard InChI is InChI=1S/C17H20FNO4/c1-17(2,3)23-16(21)19-9-11(10-20)7-14(19)13-8-12(18)5-6-15(13)22-4/h5-6,8,14H,7,9H2,1-4H3/t14-/m1/s1. The molecule has 1 heterocycles. The third-order valence-electron chi connectivity index (χ3n) is 3.50. The Morgan fingerprint density at radius 2 is 2.09 bits per heavy atom. The molecule has 0 N–H and O–H groups in total. The van der Waals surface area contributed by atoms with Gasteiger partial charge in [0.2, 0.25) is 0 Å². The number of rotatable bonds is 2. The Balaban J connectivity index is 2.40. The molecule has 0 unspecified atom stereocenters. The van der Waals surface area contributed by atoms with Crippen LogP contribution in [0.25, 0.3) is 0 Å². The van der Waals surface area contributed by atoms with Crippen molar-refractivity contribution >= 4 is 12.0 Å². The lowest BCUT2D eigenvalue weighted by atomic mass is 10.0. The summed E-state index contributed by atoms with van der Waals surface area (Å²) in [6, 6.07) is 3.58. The monoisotopic (exact) mass is 321 g/mol. The fraction of sp³-hybridized carbons (Fsp3) is 0.471. The number of methoxy groups -OCH3 is 1. The third-order valence-corrected chi connectivity index (χ3v) is 3.50. The molecule has 1 atom stereocenters. The zero-order valence-electron chi connectivity index (χ0n) is 13.7. The van der Waals surface area contributed by atoms with E-state index in [-0.39, 0.29) is 13.0 Å². The molecule has 124 valence electrons. The van der Waals surface area contributed by atoms with Gasteiger partial charge in [-0.1, -0.05) is 0 Å². The Morgan fingerprint density at radius 3 is 2.65 bits per heavy atom. The Labute approximate surface area is 134 Å². The normalized spacial score (nSPS) is 17.9. The molecule has 1 aromatic carbocycles. The fourth-order valence-corrected chi connectivity index (χ4v) is 2.55. The minimum Gasteiger partial charge on any atom is -0.496 e. The molecule has 1 aliphatic heterocycles. The van der Waals surface area contributed by atoms with E-state index in [1.807, 2.05) is 5.94 Å². The molecule has 2 rings (SSSR count). The van der Waals surface area contributed by atoms with Crippen LogP contribution in [0.5, 0.6) is 5.75 Å². The van der Waals surface area contributed by atoms with Crippen LogP contribution in [-0.4, -0.2) is 36.2 Å². The van der Waals surface area contributed by atoms with Crippen molar-refractivity contribution in [2.24, 2.45) is 0 Å². The van der Waals surface area contributed by atoms with Crippen LogP contribution >= 0.6 is 0 Å². The molecule has 6 heteroatoms. The molecule has 1 aromatic rings. The molecule has 0 saturated carbocycles. The molecule has 1 amide bonds. The molecule has 1 aliphatic rings. The molecular weight excluding hydrogens is 301 g/mol. The average molecular weight is 321 g/mol. The predicted octanol–water partition coefficient (Wildman–Crippen LogP) is 3.27. The number of nitrogens with zero attached hydrogens (tertiary/aromatic N) is 1. The van der Waals surface area contributed by atoms with E-state index in [9.17, 15) is 14.0 Å². The van der Waals surface area contributed by atoms with Crippen LogP contribution < -0.4 is 4.74 Å². The smallest absolute Gasteiger partial charge is 0.411 e. The zero-order valence-corrected chi connectivity index (χ0v) is 13.7. The SMILES string of the molecule is COc1ccc(F)cc1[C@H]1CC(=C=O)CN1C(=O)OC(C)(C)C. The maximum absolute atomic E-state index is 13.6. The van der Waals surface area contributed by atoms with Crippen molar-refractivity contribution in [3.8, 4) is 5.75 Å². The maximum Gasteiger partial charge on any atom is 0.411 e. The Morgan fingerprint density at radius 1 is 1.39 bits per heavy atom. The second kappa shape index (κ2) is 6.42. The second-order valence-electron chi connectivity index (χ2n) is 6.42. The van der Waals surface area contributed by atoms with Crippen molar-refractivity contribution in [1.29, 1.82) is 0 Å². The molecule has 0 bridgehead atoms. The van der Waals surface area contributed by atoms with E-state index in [1.54, 1.807) is 20.8 Å². The van der Waals surface area contributed by atoms with Gasteiger partial charge < -0.3 is 9.47 Å². The van der Waals surface area contributed by atoms with Gasteiger partial charge in [-0.05, 0) is 39.0 Å². The van der Waals surface area contributed by atoms with Crippen molar-refractivity contribution in [3.05, 3.63) is 35.2 Å². The van der Waals surface area contributed by atoms with Gasteiger partial charge in [0.05, 0.1) is 19.7 Å². The van der Waals surface area contributed by atoms with Gasteiger partial charge in [-0.3, -0.25) is 4.90 Å². The van der Waals surface area contributed by atoms with Crippen molar-refractivity contribution < 1.29 is 23.5 Å². The van der Waals surface area contributed by atoms with Crippen LogP contribution in [0.15, 0.2) is 23.8 Å². The quantitative estimate of drug-likeness (QED) is 0.785. The van der Waals surface area contributed by atoms with E-state index < -0.39 is 23.6 Å². The Bertz CT molecular complexity index is 659. The van der Waals surface area contributed by atoms with Gasteiger partial charge in [-0.25, -0.2) is 14.0 Å². The molecule has 23 heavy (non-hydrogen) atoms. The highest BCUT2D eigenvalue weighted by atomic mass is 19.1. The summed E-state index contributed by atoms with van der Waals surface area (Å²) in [6.45, 7) is 5.39. The molecule has 5 nitrogen and oxygen atoms in total. The van der Waals surface area contributed by atoms with E-state index >= 15 is 0 Å². The summed E-state index contributed by atoms with van der Waals surface area (Å²) in [5.41, 5.74) is 0.275. The van der Waals surface area contributed by atoms with Crippen LogP contribution in [0.1, 0.15) is 38.8 Å². The first kappa shape index (κ1) is 17.0. The minimum atomic E-state index is -0.665. The number of halogens is 1. The Hall–Kier alpha value is -2.33. The lowest BCUT2D eigenvalue weighted by molar-refractivity contribution is 0.0226. The largest absolute Gasteiger partial charge is 0.496 e. The Kier molecular flexibility index (Phi) is 4.76. The molecule has 1 fully saturated rings. The highest BCUT2D eigenvalue weighted by molar-refractivity contribution is 5.72. The summed E-state index contributed by atoms with van der Waals surface area (Å²) in [5, 5.41) is 0. The number of benzene rings is 1. The average Bonchev–Trinajstić information content (AvgIpc) is 2.89. The van der Waals surface area contributed by atoms with Gasteiger partial charge in [-0.15, -0.1) is 0 Å². The van der Waals surface area contributed by atoms with E-state index in [2.05, 4.69) is 0 Å². The number of hydrogen-bond donors (Lipinski definition) is 0. The molecule has 0 aliphatic carbocycles. The summed E-state index contributed by atoms with van der Waals surface area (Å²) in [7, 11) is 1.47. The summed E-state index contributed by atoms with van der Waals surface area (Å²) in [6.07, 6.45) is -0.276. The number of hydrogen-bond acceptors (Lipinski definition) is 4. The van der Waals surface area contributed by atoms with Crippen LogP contribution in [0.2, 0.25) is 0 Å². The van der Waals surface area contributed by atoms with Gasteiger partial charge in [0, 0.05) is 17.6 Å². The van der Waals surface area contributed by atoms with Crippen molar-refractivity contribution in [1.82, 2.24) is 4.90 Å².